The minimum absolute atomic E-state index is 0.0677. The van der Waals surface area contributed by atoms with E-state index in [1.807, 2.05) is 6.07 Å². The van der Waals surface area contributed by atoms with E-state index in [1.165, 1.54) is 25.3 Å². The van der Waals surface area contributed by atoms with Gasteiger partial charge >= 0.3 is 5.97 Å². The van der Waals surface area contributed by atoms with Gasteiger partial charge in [-0.15, -0.1) is 0 Å². The first-order valence-electron chi connectivity index (χ1n) is 6.13. The molecule has 2 aromatic carbocycles. The molecule has 0 bridgehead atoms. The topological polar surface area (TPSA) is 59.3 Å². The fourth-order valence-corrected chi connectivity index (χ4v) is 1.76. The molecule has 0 saturated carbocycles. The molecular weight excluding hydrogens is 273 g/mol. The average molecular weight is 285 g/mol. The standard InChI is InChI=1S/C16H12FNO3/c1-20-16(19)11-3-6-15(7-4-11)21-10-13-8-14(17)5-2-12(13)9-18/h2-8H,10H2,1H3. The van der Waals surface area contributed by atoms with Crippen molar-refractivity contribution in [2.75, 3.05) is 7.11 Å². The minimum Gasteiger partial charge on any atom is -0.489 e. The zero-order chi connectivity index (χ0) is 15.2. The number of benzene rings is 2. The average Bonchev–Trinajstić information content (AvgIpc) is 2.52. The lowest BCUT2D eigenvalue weighted by molar-refractivity contribution is 0.0600. The number of nitrogens with zero attached hydrogens (tertiary/aromatic N) is 1. The highest BCUT2D eigenvalue weighted by atomic mass is 19.1. The number of esters is 1. The number of hydrogen-bond donors (Lipinski definition) is 0. The number of rotatable bonds is 4. The molecule has 0 aliphatic heterocycles. The molecule has 0 aromatic heterocycles. The summed E-state index contributed by atoms with van der Waals surface area (Å²) in [6, 6.07) is 12.2. The molecule has 0 N–H and O–H groups in total. The van der Waals surface area contributed by atoms with E-state index in [2.05, 4.69) is 4.74 Å². The Balaban J connectivity index is 2.08. The number of carbonyl (C=O) groups is 1. The molecule has 0 amide bonds. The zero-order valence-corrected chi connectivity index (χ0v) is 11.3. The molecule has 21 heavy (non-hydrogen) atoms. The first kappa shape index (κ1) is 14.5. The van der Waals surface area contributed by atoms with Gasteiger partial charge in [0, 0.05) is 5.56 Å². The summed E-state index contributed by atoms with van der Waals surface area (Å²) < 4.78 is 23.3. The van der Waals surface area contributed by atoms with Crippen LogP contribution in [0.15, 0.2) is 42.5 Å². The van der Waals surface area contributed by atoms with Gasteiger partial charge in [-0.1, -0.05) is 0 Å². The van der Waals surface area contributed by atoms with Crippen LogP contribution in [0.4, 0.5) is 4.39 Å². The molecule has 4 nitrogen and oxygen atoms in total. The van der Waals surface area contributed by atoms with Crippen molar-refractivity contribution in [3.05, 3.63) is 65.0 Å². The van der Waals surface area contributed by atoms with Gasteiger partial charge in [0.1, 0.15) is 18.2 Å². The number of methoxy groups -OCH3 is 1. The van der Waals surface area contributed by atoms with Gasteiger partial charge in [-0.3, -0.25) is 0 Å². The quantitative estimate of drug-likeness (QED) is 0.810. The van der Waals surface area contributed by atoms with E-state index in [9.17, 15) is 9.18 Å². The zero-order valence-electron chi connectivity index (χ0n) is 11.3. The highest BCUT2D eigenvalue weighted by Gasteiger charge is 2.07. The van der Waals surface area contributed by atoms with E-state index < -0.39 is 11.8 Å². The molecule has 106 valence electrons. The van der Waals surface area contributed by atoms with Crippen molar-refractivity contribution in [1.29, 1.82) is 5.26 Å². The van der Waals surface area contributed by atoms with E-state index in [0.717, 1.165) is 0 Å². The molecule has 0 heterocycles. The first-order chi connectivity index (χ1) is 10.1. The van der Waals surface area contributed by atoms with Gasteiger partial charge in [-0.05, 0) is 42.5 Å². The van der Waals surface area contributed by atoms with Crippen molar-refractivity contribution >= 4 is 5.97 Å². The Morgan fingerprint density at radius 1 is 1.24 bits per heavy atom. The molecule has 0 spiro atoms. The minimum atomic E-state index is -0.432. The Labute approximate surface area is 121 Å². The lowest BCUT2D eigenvalue weighted by Gasteiger charge is -2.08. The fraction of sp³-hybridized carbons (Fsp3) is 0.125. The smallest absolute Gasteiger partial charge is 0.337 e. The molecule has 0 aliphatic carbocycles. The van der Waals surface area contributed by atoms with Gasteiger partial charge in [0.05, 0.1) is 24.3 Å². The second kappa shape index (κ2) is 6.53. The summed E-state index contributed by atoms with van der Waals surface area (Å²) in [5.74, 6) is -0.345. The normalized spacial score (nSPS) is 9.76. The van der Waals surface area contributed by atoms with Gasteiger partial charge in [-0.2, -0.15) is 5.26 Å². The summed E-state index contributed by atoms with van der Waals surface area (Å²) in [6.45, 7) is 0.0677. The summed E-state index contributed by atoms with van der Waals surface area (Å²) in [4.78, 5) is 11.3. The van der Waals surface area contributed by atoms with Crippen molar-refractivity contribution in [3.63, 3.8) is 0 Å². The SMILES string of the molecule is COC(=O)c1ccc(OCc2cc(F)ccc2C#N)cc1. The van der Waals surface area contributed by atoms with Crippen molar-refractivity contribution in [2.24, 2.45) is 0 Å². The van der Waals surface area contributed by atoms with Gasteiger partial charge in [0.25, 0.3) is 0 Å². The summed E-state index contributed by atoms with van der Waals surface area (Å²) in [6.07, 6.45) is 0. The largest absolute Gasteiger partial charge is 0.489 e. The van der Waals surface area contributed by atoms with Gasteiger partial charge < -0.3 is 9.47 Å². The van der Waals surface area contributed by atoms with Crippen molar-refractivity contribution in [3.8, 4) is 11.8 Å². The number of carbonyl (C=O) groups excluding carboxylic acids is 1. The van der Waals surface area contributed by atoms with Crippen LogP contribution in [0.1, 0.15) is 21.5 Å². The monoisotopic (exact) mass is 285 g/mol. The van der Waals surface area contributed by atoms with Crippen LogP contribution in [0.2, 0.25) is 0 Å². The lowest BCUT2D eigenvalue weighted by atomic mass is 10.1. The molecule has 2 aromatic rings. The van der Waals surface area contributed by atoms with Crippen LogP contribution in [-0.2, 0) is 11.3 Å². The molecular formula is C16H12FNO3. The van der Waals surface area contributed by atoms with E-state index in [0.29, 0.717) is 22.4 Å². The Bertz CT molecular complexity index is 690. The number of nitriles is 1. The van der Waals surface area contributed by atoms with Crippen LogP contribution in [0.3, 0.4) is 0 Å². The molecule has 0 fully saturated rings. The molecule has 0 atom stereocenters. The van der Waals surface area contributed by atoms with Gasteiger partial charge in [0.2, 0.25) is 0 Å². The van der Waals surface area contributed by atoms with Crippen LogP contribution in [0, 0.1) is 17.1 Å². The van der Waals surface area contributed by atoms with Gasteiger partial charge in [0.15, 0.2) is 0 Å². The van der Waals surface area contributed by atoms with Crippen molar-refractivity contribution in [2.45, 2.75) is 6.61 Å². The third-order valence-corrected chi connectivity index (χ3v) is 2.86. The second-order valence-corrected chi connectivity index (χ2v) is 4.22. The maximum atomic E-state index is 13.2. The Morgan fingerprint density at radius 3 is 2.57 bits per heavy atom. The van der Waals surface area contributed by atoms with Crippen molar-refractivity contribution in [1.82, 2.24) is 0 Å². The highest BCUT2D eigenvalue weighted by molar-refractivity contribution is 5.89. The second-order valence-electron chi connectivity index (χ2n) is 4.22. The Morgan fingerprint density at radius 2 is 1.95 bits per heavy atom. The predicted octanol–water partition coefficient (Wildman–Crippen LogP) is 3.06. The Hall–Kier alpha value is -2.87. The Kier molecular flexibility index (Phi) is 4.52. The molecule has 2 rings (SSSR count). The third kappa shape index (κ3) is 3.57. The summed E-state index contributed by atoms with van der Waals surface area (Å²) in [5.41, 5.74) is 1.24. The van der Waals surface area contributed by atoms with Crippen LogP contribution in [0.5, 0.6) is 5.75 Å². The van der Waals surface area contributed by atoms with Crippen LogP contribution in [-0.4, -0.2) is 13.1 Å². The summed E-state index contributed by atoms with van der Waals surface area (Å²) in [5, 5.41) is 8.95. The first-order valence-corrected chi connectivity index (χ1v) is 6.13. The number of halogens is 1. The molecule has 5 heteroatoms. The van der Waals surface area contributed by atoms with Gasteiger partial charge in [-0.25, -0.2) is 9.18 Å². The predicted molar refractivity (Wildman–Crippen MR) is 73.2 cm³/mol. The van der Waals surface area contributed by atoms with E-state index in [1.54, 1.807) is 24.3 Å². The van der Waals surface area contributed by atoms with Crippen LogP contribution < -0.4 is 4.74 Å². The molecule has 0 unspecified atom stereocenters. The maximum absolute atomic E-state index is 13.2. The summed E-state index contributed by atoms with van der Waals surface area (Å²) in [7, 11) is 1.31. The fourth-order valence-electron chi connectivity index (χ4n) is 1.76. The van der Waals surface area contributed by atoms with Crippen LogP contribution in [0.25, 0.3) is 0 Å². The molecule has 0 saturated heterocycles. The van der Waals surface area contributed by atoms with E-state index in [4.69, 9.17) is 10.00 Å². The number of ether oxygens (including phenoxy) is 2. The van der Waals surface area contributed by atoms with Crippen LogP contribution >= 0.6 is 0 Å². The molecule has 0 aliphatic rings. The maximum Gasteiger partial charge on any atom is 0.337 e. The van der Waals surface area contributed by atoms with E-state index in [-0.39, 0.29) is 6.61 Å². The molecule has 0 radical (unpaired) electrons. The highest BCUT2D eigenvalue weighted by Crippen LogP contribution is 2.17. The lowest BCUT2D eigenvalue weighted by Crippen LogP contribution is -2.02. The number of hydrogen-bond acceptors (Lipinski definition) is 4. The van der Waals surface area contributed by atoms with Crippen molar-refractivity contribution < 1.29 is 18.7 Å². The third-order valence-electron chi connectivity index (χ3n) is 2.86. The summed E-state index contributed by atoms with van der Waals surface area (Å²) >= 11 is 0. The van der Waals surface area contributed by atoms with E-state index >= 15 is 0 Å².